The fourth-order valence-electron chi connectivity index (χ4n) is 3.27. The van der Waals surface area contributed by atoms with Gasteiger partial charge in [0.1, 0.15) is 0 Å². The van der Waals surface area contributed by atoms with Gasteiger partial charge >= 0.3 is 0 Å². The maximum atomic E-state index is 6.33. The van der Waals surface area contributed by atoms with Gasteiger partial charge in [0.05, 0.1) is 0 Å². The molecule has 3 rings (SSSR count). The Hall–Kier alpha value is -0.240. The number of hydrogen-bond donors (Lipinski definition) is 1. The van der Waals surface area contributed by atoms with Crippen LogP contribution in [0.5, 0.6) is 0 Å². The molecule has 0 heterocycles. The first-order chi connectivity index (χ1) is 9.17. The van der Waals surface area contributed by atoms with Gasteiger partial charge in [0.2, 0.25) is 0 Å². The van der Waals surface area contributed by atoms with Crippen LogP contribution in [0.3, 0.4) is 0 Å². The van der Waals surface area contributed by atoms with Crippen LogP contribution in [0.15, 0.2) is 18.2 Å². The molecule has 0 saturated heterocycles. The molecule has 0 spiro atoms. The van der Waals surface area contributed by atoms with Crippen LogP contribution in [-0.2, 0) is 6.42 Å². The molecule has 0 aromatic heterocycles. The van der Waals surface area contributed by atoms with E-state index in [2.05, 4.69) is 5.32 Å². The van der Waals surface area contributed by atoms with Gasteiger partial charge in [-0.05, 0) is 61.3 Å². The van der Waals surface area contributed by atoms with Crippen LogP contribution < -0.4 is 5.32 Å². The molecule has 0 amide bonds. The normalized spacial score (nSPS) is 21.8. The Morgan fingerprint density at radius 3 is 2.58 bits per heavy atom. The summed E-state index contributed by atoms with van der Waals surface area (Å²) in [6.07, 6.45) is 9.11. The van der Waals surface area contributed by atoms with E-state index in [0.717, 1.165) is 29.1 Å². The van der Waals surface area contributed by atoms with Crippen molar-refractivity contribution in [1.29, 1.82) is 0 Å². The van der Waals surface area contributed by atoms with Gasteiger partial charge < -0.3 is 5.32 Å². The highest BCUT2D eigenvalue weighted by Gasteiger charge is 2.36. The van der Waals surface area contributed by atoms with Crippen molar-refractivity contribution in [3.63, 3.8) is 0 Å². The molecular formula is C16H21Cl2N. The Morgan fingerprint density at radius 2 is 1.89 bits per heavy atom. The molecule has 2 saturated carbocycles. The SMILES string of the molecule is Clc1ccc(Cl)c(CC2(CNC3CC3)CCCC2)c1. The number of benzene rings is 1. The molecule has 2 aliphatic carbocycles. The third-order valence-corrected chi connectivity index (χ3v) is 5.18. The highest BCUT2D eigenvalue weighted by atomic mass is 35.5. The molecule has 0 radical (unpaired) electrons. The fourth-order valence-corrected chi connectivity index (χ4v) is 3.65. The van der Waals surface area contributed by atoms with E-state index in [9.17, 15) is 0 Å². The summed E-state index contributed by atoms with van der Waals surface area (Å²) in [7, 11) is 0. The highest BCUT2D eigenvalue weighted by Crippen LogP contribution is 2.42. The molecule has 0 aliphatic heterocycles. The summed E-state index contributed by atoms with van der Waals surface area (Å²) >= 11 is 12.4. The zero-order valence-corrected chi connectivity index (χ0v) is 12.7. The third kappa shape index (κ3) is 3.45. The Balaban J connectivity index is 1.74. The fraction of sp³-hybridized carbons (Fsp3) is 0.625. The summed E-state index contributed by atoms with van der Waals surface area (Å²) in [6, 6.07) is 6.63. The predicted molar refractivity (Wildman–Crippen MR) is 82.1 cm³/mol. The quantitative estimate of drug-likeness (QED) is 0.819. The second-order valence-electron chi connectivity index (χ2n) is 6.27. The Labute approximate surface area is 125 Å². The largest absolute Gasteiger partial charge is 0.313 e. The summed E-state index contributed by atoms with van der Waals surface area (Å²) in [5.41, 5.74) is 1.62. The van der Waals surface area contributed by atoms with Crippen LogP contribution in [-0.4, -0.2) is 12.6 Å². The lowest BCUT2D eigenvalue weighted by Crippen LogP contribution is -2.35. The van der Waals surface area contributed by atoms with Gasteiger partial charge in [-0.2, -0.15) is 0 Å². The van der Waals surface area contributed by atoms with Crippen molar-refractivity contribution >= 4 is 23.2 Å². The van der Waals surface area contributed by atoms with Gasteiger partial charge in [0, 0.05) is 22.6 Å². The minimum Gasteiger partial charge on any atom is -0.313 e. The zero-order chi connectivity index (χ0) is 13.3. The van der Waals surface area contributed by atoms with Crippen molar-refractivity contribution < 1.29 is 0 Å². The van der Waals surface area contributed by atoms with Crippen molar-refractivity contribution in [3.8, 4) is 0 Å². The van der Waals surface area contributed by atoms with E-state index in [1.165, 1.54) is 44.1 Å². The Kier molecular flexibility index (Phi) is 4.07. The first-order valence-corrected chi connectivity index (χ1v) is 8.10. The van der Waals surface area contributed by atoms with Crippen molar-refractivity contribution in [3.05, 3.63) is 33.8 Å². The maximum absolute atomic E-state index is 6.33. The third-order valence-electron chi connectivity index (χ3n) is 4.58. The van der Waals surface area contributed by atoms with E-state index in [0.29, 0.717) is 5.41 Å². The van der Waals surface area contributed by atoms with Crippen LogP contribution in [0, 0.1) is 5.41 Å². The van der Waals surface area contributed by atoms with Crippen molar-refractivity contribution in [2.45, 2.75) is 51.0 Å². The van der Waals surface area contributed by atoms with E-state index >= 15 is 0 Å². The topological polar surface area (TPSA) is 12.0 Å². The summed E-state index contributed by atoms with van der Waals surface area (Å²) in [6.45, 7) is 1.14. The standard InChI is InChI=1S/C16H21Cl2N/c17-13-3-6-15(18)12(9-13)10-16(7-1-2-8-16)11-19-14-4-5-14/h3,6,9,14,19H,1-2,4-5,7-8,10-11H2. The van der Waals surface area contributed by atoms with Crippen molar-refractivity contribution in [2.24, 2.45) is 5.41 Å². The van der Waals surface area contributed by atoms with Crippen molar-refractivity contribution in [1.82, 2.24) is 5.32 Å². The molecule has 3 heteroatoms. The molecule has 2 fully saturated rings. The first-order valence-electron chi connectivity index (χ1n) is 7.34. The van der Waals surface area contributed by atoms with E-state index in [1.54, 1.807) is 0 Å². The molecule has 1 aromatic carbocycles. The second-order valence-corrected chi connectivity index (χ2v) is 7.12. The van der Waals surface area contributed by atoms with Gasteiger partial charge in [0.25, 0.3) is 0 Å². The van der Waals surface area contributed by atoms with E-state index < -0.39 is 0 Å². The molecule has 0 unspecified atom stereocenters. The van der Waals surface area contributed by atoms with Crippen LogP contribution in [0.1, 0.15) is 44.1 Å². The molecule has 1 nitrogen and oxygen atoms in total. The summed E-state index contributed by atoms with van der Waals surface area (Å²) in [5.74, 6) is 0. The summed E-state index contributed by atoms with van der Waals surface area (Å²) in [5, 5.41) is 5.37. The van der Waals surface area contributed by atoms with Gasteiger partial charge in [0.15, 0.2) is 0 Å². The number of halogens is 2. The molecule has 1 N–H and O–H groups in total. The molecule has 104 valence electrons. The Morgan fingerprint density at radius 1 is 1.16 bits per heavy atom. The molecule has 0 bridgehead atoms. The molecular weight excluding hydrogens is 277 g/mol. The zero-order valence-electron chi connectivity index (χ0n) is 11.2. The van der Waals surface area contributed by atoms with E-state index in [4.69, 9.17) is 23.2 Å². The minimum atomic E-state index is 0.400. The number of rotatable bonds is 5. The summed E-state index contributed by atoms with van der Waals surface area (Å²) in [4.78, 5) is 0. The lowest BCUT2D eigenvalue weighted by molar-refractivity contribution is 0.276. The average Bonchev–Trinajstić information content (AvgIpc) is 3.12. The van der Waals surface area contributed by atoms with Crippen molar-refractivity contribution in [2.75, 3.05) is 6.54 Å². The molecule has 1 aromatic rings. The lowest BCUT2D eigenvalue weighted by atomic mass is 9.80. The van der Waals surface area contributed by atoms with Crippen LogP contribution >= 0.6 is 23.2 Å². The summed E-state index contributed by atoms with van der Waals surface area (Å²) < 4.78 is 0. The number of nitrogens with one attached hydrogen (secondary N) is 1. The van der Waals surface area contributed by atoms with E-state index in [1.807, 2.05) is 18.2 Å². The average molecular weight is 298 g/mol. The minimum absolute atomic E-state index is 0.400. The van der Waals surface area contributed by atoms with Crippen LogP contribution in [0.4, 0.5) is 0 Å². The monoisotopic (exact) mass is 297 g/mol. The van der Waals surface area contributed by atoms with E-state index in [-0.39, 0.29) is 0 Å². The molecule has 19 heavy (non-hydrogen) atoms. The number of hydrogen-bond acceptors (Lipinski definition) is 1. The lowest BCUT2D eigenvalue weighted by Gasteiger charge is -2.30. The Bertz CT molecular complexity index is 448. The molecule has 0 atom stereocenters. The van der Waals surface area contributed by atoms with Gasteiger partial charge in [-0.25, -0.2) is 0 Å². The highest BCUT2D eigenvalue weighted by molar-refractivity contribution is 6.33. The van der Waals surface area contributed by atoms with Gasteiger partial charge in [-0.15, -0.1) is 0 Å². The van der Waals surface area contributed by atoms with Crippen LogP contribution in [0.25, 0.3) is 0 Å². The smallest absolute Gasteiger partial charge is 0.0439 e. The second kappa shape index (κ2) is 5.63. The predicted octanol–water partition coefficient (Wildman–Crippen LogP) is 4.85. The molecule has 2 aliphatic rings. The first kappa shape index (κ1) is 13.7. The maximum Gasteiger partial charge on any atom is 0.0439 e. The van der Waals surface area contributed by atoms with Gasteiger partial charge in [-0.3, -0.25) is 0 Å². The van der Waals surface area contributed by atoms with Gasteiger partial charge in [-0.1, -0.05) is 36.0 Å². The van der Waals surface area contributed by atoms with Crippen LogP contribution in [0.2, 0.25) is 10.0 Å².